The number of benzene rings is 2. The van der Waals surface area contributed by atoms with E-state index < -0.39 is 6.09 Å². The number of ether oxygens (including phenoxy) is 1. The van der Waals surface area contributed by atoms with Crippen molar-refractivity contribution < 1.29 is 50.4 Å². The summed E-state index contributed by atoms with van der Waals surface area (Å²) in [7, 11) is 0. The van der Waals surface area contributed by atoms with Crippen LogP contribution in [-0.4, -0.2) is 11.1 Å². The molecule has 0 spiro atoms. The number of rotatable bonds is 4. The maximum absolute atomic E-state index is 11.7. The van der Waals surface area contributed by atoms with Gasteiger partial charge in [-0.2, -0.15) is 0 Å². The number of nitrogens with zero attached hydrogens (tertiary/aromatic N) is 1. The van der Waals surface area contributed by atoms with Crippen LogP contribution >= 0.6 is 0 Å². The maximum Gasteiger partial charge on any atom is 0.424 e. The smallest absolute Gasteiger partial charge is 0.424 e. The average molecular weight is 401 g/mol. The summed E-state index contributed by atoms with van der Waals surface area (Å²) >= 11 is 0. The van der Waals surface area contributed by atoms with E-state index in [2.05, 4.69) is 0 Å². The van der Waals surface area contributed by atoms with Gasteiger partial charge in [-0.15, -0.1) is 0 Å². The average Bonchev–Trinajstić information content (AvgIpc) is 2.47. The van der Waals surface area contributed by atoms with Gasteiger partial charge in [-0.1, -0.05) is 60.7 Å². The van der Waals surface area contributed by atoms with E-state index in [1.54, 1.807) is 0 Å². The fraction of sp³-hybridized carbons (Fsp3) is 0.133. The molecule has 102 valence electrons. The van der Waals surface area contributed by atoms with Crippen molar-refractivity contribution in [3.63, 3.8) is 0 Å². The van der Waals surface area contributed by atoms with E-state index in [-0.39, 0.29) is 47.4 Å². The predicted molar refractivity (Wildman–Crippen MR) is 72.8 cm³/mol. The van der Waals surface area contributed by atoms with Gasteiger partial charge in [0.05, 0.1) is 6.54 Å². The van der Waals surface area contributed by atoms with Gasteiger partial charge in [0, 0.05) is 40.8 Å². The summed E-state index contributed by atoms with van der Waals surface area (Å²) in [6.07, 6.45) is -0.535. The first kappa shape index (κ1) is 17.1. The zero-order chi connectivity index (χ0) is 13.5. The van der Waals surface area contributed by atoms with Gasteiger partial charge in [-0.05, 0) is 11.1 Å². The summed E-state index contributed by atoms with van der Waals surface area (Å²) in [6.45, 7) is 0.552. The quantitative estimate of drug-likeness (QED) is 0.488. The normalized spacial score (nSPS) is 9.45. The van der Waals surface area contributed by atoms with Crippen LogP contribution in [0.1, 0.15) is 11.1 Å². The summed E-state index contributed by atoms with van der Waals surface area (Å²) in [5, 5.41) is 1.07. The largest absolute Gasteiger partial charge is 0.444 e. The molecule has 0 radical (unpaired) electrons. The molecule has 0 saturated heterocycles. The van der Waals surface area contributed by atoms with Crippen LogP contribution in [0.15, 0.2) is 60.7 Å². The van der Waals surface area contributed by atoms with E-state index >= 15 is 0 Å². The van der Waals surface area contributed by atoms with Crippen molar-refractivity contribution in [2.24, 2.45) is 5.84 Å². The van der Waals surface area contributed by atoms with Crippen molar-refractivity contribution in [2.75, 3.05) is 0 Å². The van der Waals surface area contributed by atoms with E-state index in [0.29, 0.717) is 6.54 Å². The number of amides is 1. The molecule has 0 aliphatic rings. The maximum atomic E-state index is 11.7. The Hall–Kier alpha value is -0.979. The van der Waals surface area contributed by atoms with E-state index in [4.69, 9.17) is 10.6 Å². The molecule has 2 N–H and O–H groups in total. The van der Waals surface area contributed by atoms with Crippen LogP contribution < -0.4 is 5.84 Å². The van der Waals surface area contributed by atoms with Gasteiger partial charge >= 0.3 is 6.09 Å². The van der Waals surface area contributed by atoms with Crippen molar-refractivity contribution in [1.29, 1.82) is 0 Å². The Morgan fingerprint density at radius 3 is 2.00 bits per heavy atom. The summed E-state index contributed by atoms with van der Waals surface area (Å²) < 4.78 is 5.12. The number of carbonyl (C=O) groups is 1. The topological polar surface area (TPSA) is 55.6 Å². The second-order valence-corrected chi connectivity index (χ2v) is 4.15. The van der Waals surface area contributed by atoms with Gasteiger partial charge in [-0.25, -0.2) is 15.6 Å². The second kappa shape index (κ2) is 9.05. The number of hydrazine groups is 1. The molecule has 2 aromatic rings. The van der Waals surface area contributed by atoms with Crippen molar-refractivity contribution in [2.45, 2.75) is 13.2 Å². The van der Waals surface area contributed by atoms with Gasteiger partial charge < -0.3 is 4.74 Å². The molecule has 5 heteroatoms. The molecule has 0 saturated carbocycles. The SMILES string of the molecule is NN(Cc1ccccc1)C(=O)OCc1ccccc1.[Nd]. The van der Waals surface area contributed by atoms with Crippen molar-refractivity contribution in [3.8, 4) is 0 Å². The van der Waals surface area contributed by atoms with E-state index in [1.165, 1.54) is 0 Å². The zero-order valence-electron chi connectivity index (χ0n) is 11.0. The van der Waals surface area contributed by atoms with Crippen LogP contribution in [0.3, 0.4) is 0 Å². The molecule has 2 rings (SSSR count). The molecule has 0 unspecified atom stereocenters. The summed E-state index contributed by atoms with van der Waals surface area (Å²) in [5.74, 6) is 5.67. The van der Waals surface area contributed by atoms with Crippen molar-refractivity contribution in [1.82, 2.24) is 5.01 Å². The fourth-order valence-corrected chi connectivity index (χ4v) is 1.65. The molecule has 0 aliphatic carbocycles. The fourth-order valence-electron chi connectivity index (χ4n) is 1.65. The Morgan fingerprint density at radius 1 is 0.950 bits per heavy atom. The van der Waals surface area contributed by atoms with E-state index in [0.717, 1.165) is 16.1 Å². The monoisotopic (exact) mass is 398 g/mol. The number of carbonyl (C=O) groups excluding carboxylic acids is 1. The predicted octanol–water partition coefficient (Wildman–Crippen LogP) is 2.70. The molecule has 0 aromatic heterocycles. The first-order valence-corrected chi connectivity index (χ1v) is 6.02. The summed E-state index contributed by atoms with van der Waals surface area (Å²) in [4.78, 5) is 11.7. The molecule has 1 amide bonds. The number of hydrogen-bond donors (Lipinski definition) is 1. The molecule has 4 nitrogen and oxygen atoms in total. The first-order chi connectivity index (χ1) is 9.25. The molecular weight excluding hydrogens is 384 g/mol. The Balaban J connectivity index is 0.00000200. The van der Waals surface area contributed by atoms with Crippen LogP contribution in [0.2, 0.25) is 0 Å². The molecule has 2 aromatic carbocycles. The molecular formula is C15H16N2NdO2. The molecule has 0 heterocycles. The molecule has 0 aliphatic heterocycles. The molecule has 0 fully saturated rings. The Kier molecular flexibility index (Phi) is 7.72. The minimum Gasteiger partial charge on any atom is -0.444 e. The van der Waals surface area contributed by atoms with Crippen LogP contribution in [0.25, 0.3) is 0 Å². The Morgan fingerprint density at radius 2 is 1.45 bits per heavy atom. The van der Waals surface area contributed by atoms with Gasteiger partial charge in [-0.3, -0.25) is 0 Å². The minimum atomic E-state index is -0.535. The molecule has 20 heavy (non-hydrogen) atoms. The summed E-state index contributed by atoms with van der Waals surface area (Å²) in [5.41, 5.74) is 1.89. The second-order valence-electron chi connectivity index (χ2n) is 4.15. The van der Waals surface area contributed by atoms with Gasteiger partial charge in [0.1, 0.15) is 6.61 Å². The van der Waals surface area contributed by atoms with E-state index in [9.17, 15) is 4.79 Å². The third-order valence-electron chi connectivity index (χ3n) is 2.64. The molecule has 0 atom stereocenters. The van der Waals surface area contributed by atoms with Gasteiger partial charge in [0.15, 0.2) is 0 Å². The first-order valence-electron chi connectivity index (χ1n) is 6.02. The minimum absolute atomic E-state index is 0. The third-order valence-corrected chi connectivity index (χ3v) is 2.64. The summed E-state index contributed by atoms with van der Waals surface area (Å²) in [6, 6.07) is 19.0. The van der Waals surface area contributed by atoms with Crippen molar-refractivity contribution in [3.05, 3.63) is 71.8 Å². The van der Waals surface area contributed by atoms with Crippen LogP contribution in [-0.2, 0) is 17.9 Å². The van der Waals surface area contributed by atoms with E-state index in [1.807, 2.05) is 60.7 Å². The van der Waals surface area contributed by atoms with Crippen LogP contribution in [0.5, 0.6) is 0 Å². The van der Waals surface area contributed by atoms with Crippen molar-refractivity contribution >= 4 is 6.09 Å². The molecule has 0 bridgehead atoms. The van der Waals surface area contributed by atoms with Gasteiger partial charge in [0.25, 0.3) is 0 Å². The van der Waals surface area contributed by atoms with Crippen LogP contribution in [0, 0.1) is 40.8 Å². The van der Waals surface area contributed by atoms with Crippen LogP contribution in [0.4, 0.5) is 4.79 Å². The number of nitrogens with two attached hydrogens (primary N) is 1. The number of hydrogen-bond acceptors (Lipinski definition) is 3. The Bertz CT molecular complexity index is 520. The van der Waals surface area contributed by atoms with Gasteiger partial charge in [0.2, 0.25) is 0 Å². The Labute approximate surface area is 151 Å². The zero-order valence-corrected chi connectivity index (χ0v) is 14.2. The third kappa shape index (κ3) is 5.56. The standard InChI is InChI=1S/C15H16N2O2.Nd/c16-17(11-13-7-3-1-4-8-13)15(18)19-12-14-9-5-2-6-10-14;/h1-10H,11-12,16H2;.